The van der Waals surface area contributed by atoms with Gasteiger partial charge < -0.3 is 0 Å². The molecule has 1 aromatic carbocycles. The highest BCUT2D eigenvalue weighted by molar-refractivity contribution is 8.14. The average Bonchev–Trinajstić information content (AvgIpc) is 2.50. The fraction of sp³-hybridized carbons (Fsp3) is 0. The summed E-state index contributed by atoms with van der Waals surface area (Å²) in [5.41, 5.74) is 0. The lowest BCUT2D eigenvalue weighted by atomic mass is 10.2. The molecular formula is C8H4Cl2O2S2. The second-order valence-electron chi connectivity index (χ2n) is 2.68. The minimum absolute atomic E-state index is 0.111. The van der Waals surface area contributed by atoms with E-state index in [1.807, 2.05) is 0 Å². The molecule has 1 aromatic heterocycles. The standard InChI is InChI=1S/C8H4Cl2O2S2/c9-7-1-2-8(14(10,11)12)6-4-13-3-5(6)7/h1-4H. The SMILES string of the molecule is O=S(=O)(Cl)c1ccc(Cl)c2cscc12. The lowest BCUT2D eigenvalue weighted by Gasteiger charge is -1.99. The minimum Gasteiger partial charge on any atom is -0.207 e. The summed E-state index contributed by atoms with van der Waals surface area (Å²) in [6.07, 6.45) is 0. The van der Waals surface area contributed by atoms with Crippen molar-refractivity contribution < 1.29 is 8.42 Å². The van der Waals surface area contributed by atoms with Gasteiger partial charge in [0, 0.05) is 31.9 Å². The van der Waals surface area contributed by atoms with Crippen LogP contribution in [-0.2, 0) is 9.05 Å². The van der Waals surface area contributed by atoms with E-state index in [9.17, 15) is 8.42 Å². The first kappa shape index (κ1) is 10.2. The molecule has 2 nitrogen and oxygen atoms in total. The Bertz CT molecular complexity index is 586. The van der Waals surface area contributed by atoms with Crippen LogP contribution in [0.25, 0.3) is 10.8 Å². The molecule has 0 radical (unpaired) electrons. The van der Waals surface area contributed by atoms with Crippen molar-refractivity contribution in [1.82, 2.24) is 0 Å². The van der Waals surface area contributed by atoms with Crippen LogP contribution >= 0.6 is 33.6 Å². The van der Waals surface area contributed by atoms with E-state index in [1.54, 1.807) is 10.8 Å². The zero-order valence-electron chi connectivity index (χ0n) is 6.70. The molecule has 0 aliphatic heterocycles. The molecule has 0 unspecified atom stereocenters. The van der Waals surface area contributed by atoms with Crippen LogP contribution in [-0.4, -0.2) is 8.42 Å². The smallest absolute Gasteiger partial charge is 0.207 e. The van der Waals surface area contributed by atoms with Crippen molar-refractivity contribution in [2.75, 3.05) is 0 Å². The van der Waals surface area contributed by atoms with Crippen LogP contribution in [0.2, 0.25) is 5.02 Å². The van der Waals surface area contributed by atoms with Gasteiger partial charge in [-0.2, -0.15) is 11.3 Å². The molecule has 0 saturated carbocycles. The van der Waals surface area contributed by atoms with Crippen LogP contribution in [0, 0.1) is 0 Å². The molecule has 0 aliphatic rings. The molecule has 0 aliphatic carbocycles. The van der Waals surface area contributed by atoms with E-state index in [1.165, 1.54) is 23.5 Å². The zero-order valence-corrected chi connectivity index (χ0v) is 9.84. The van der Waals surface area contributed by atoms with E-state index in [-0.39, 0.29) is 4.90 Å². The number of halogens is 2. The number of hydrogen-bond acceptors (Lipinski definition) is 3. The van der Waals surface area contributed by atoms with Crippen LogP contribution in [0.3, 0.4) is 0 Å². The normalized spacial score (nSPS) is 12.1. The van der Waals surface area contributed by atoms with Gasteiger partial charge in [0.05, 0.1) is 4.90 Å². The molecule has 2 rings (SSSR count). The molecule has 0 spiro atoms. The van der Waals surface area contributed by atoms with Crippen molar-refractivity contribution in [3.05, 3.63) is 27.9 Å². The zero-order chi connectivity index (χ0) is 10.3. The van der Waals surface area contributed by atoms with Crippen molar-refractivity contribution in [3.8, 4) is 0 Å². The molecule has 0 N–H and O–H groups in total. The Morgan fingerprint density at radius 2 is 1.79 bits per heavy atom. The van der Waals surface area contributed by atoms with Crippen molar-refractivity contribution in [2.45, 2.75) is 4.90 Å². The quantitative estimate of drug-likeness (QED) is 0.741. The number of benzene rings is 1. The molecule has 0 saturated heterocycles. The Kier molecular flexibility index (Phi) is 2.47. The van der Waals surface area contributed by atoms with Crippen molar-refractivity contribution >= 4 is 53.4 Å². The van der Waals surface area contributed by atoms with Gasteiger partial charge >= 0.3 is 0 Å². The molecule has 14 heavy (non-hydrogen) atoms. The van der Waals surface area contributed by atoms with Crippen molar-refractivity contribution in [1.29, 1.82) is 0 Å². The number of thiophene rings is 1. The summed E-state index contributed by atoms with van der Waals surface area (Å²) in [7, 11) is 1.58. The molecule has 2 aromatic rings. The molecular weight excluding hydrogens is 263 g/mol. The molecule has 0 atom stereocenters. The Hall–Kier alpha value is -0.290. The van der Waals surface area contributed by atoms with Gasteiger partial charge in [0.1, 0.15) is 0 Å². The van der Waals surface area contributed by atoms with Gasteiger partial charge in [0.25, 0.3) is 9.05 Å². The molecule has 0 fully saturated rings. The van der Waals surface area contributed by atoms with Crippen molar-refractivity contribution in [2.24, 2.45) is 0 Å². The number of hydrogen-bond donors (Lipinski definition) is 0. The Morgan fingerprint density at radius 1 is 1.14 bits per heavy atom. The van der Waals surface area contributed by atoms with Gasteiger partial charge in [-0.25, -0.2) is 8.42 Å². The highest BCUT2D eigenvalue weighted by Gasteiger charge is 2.15. The Balaban J connectivity index is 2.93. The fourth-order valence-corrected chi connectivity index (χ4v) is 3.49. The highest BCUT2D eigenvalue weighted by atomic mass is 35.7. The van der Waals surface area contributed by atoms with E-state index in [0.29, 0.717) is 10.4 Å². The molecule has 1 heterocycles. The van der Waals surface area contributed by atoms with Crippen molar-refractivity contribution in [3.63, 3.8) is 0 Å². The molecule has 0 bridgehead atoms. The van der Waals surface area contributed by atoms with Gasteiger partial charge in [0.2, 0.25) is 0 Å². The van der Waals surface area contributed by atoms with Crippen LogP contribution in [0.5, 0.6) is 0 Å². The summed E-state index contributed by atoms with van der Waals surface area (Å²) < 4.78 is 22.4. The number of fused-ring (bicyclic) bond motifs is 1. The average molecular weight is 267 g/mol. The summed E-state index contributed by atoms with van der Waals surface area (Å²) in [4.78, 5) is 0.111. The van der Waals surface area contributed by atoms with Crippen LogP contribution in [0.4, 0.5) is 0 Å². The predicted octanol–water partition coefficient (Wildman–Crippen LogP) is 3.48. The summed E-state index contributed by atoms with van der Waals surface area (Å²) >= 11 is 7.28. The topological polar surface area (TPSA) is 34.1 Å². The first-order valence-corrected chi connectivity index (χ1v) is 7.22. The third-order valence-corrected chi connectivity index (χ3v) is 4.28. The summed E-state index contributed by atoms with van der Waals surface area (Å²) in [6.45, 7) is 0. The fourth-order valence-electron chi connectivity index (χ4n) is 1.21. The van der Waals surface area contributed by atoms with Gasteiger partial charge in [-0.15, -0.1) is 0 Å². The van der Waals surface area contributed by atoms with Gasteiger partial charge in [-0.05, 0) is 17.5 Å². The molecule has 74 valence electrons. The first-order chi connectivity index (χ1) is 6.50. The van der Waals surface area contributed by atoms with E-state index in [4.69, 9.17) is 22.3 Å². The maximum Gasteiger partial charge on any atom is 0.261 e. The summed E-state index contributed by atoms with van der Waals surface area (Å²) in [5, 5.41) is 5.35. The highest BCUT2D eigenvalue weighted by Crippen LogP contribution is 2.33. The van der Waals surface area contributed by atoms with Gasteiger partial charge in [-0.1, -0.05) is 11.6 Å². The monoisotopic (exact) mass is 266 g/mol. The second kappa shape index (κ2) is 3.38. The predicted molar refractivity (Wildman–Crippen MR) is 59.9 cm³/mol. The lowest BCUT2D eigenvalue weighted by molar-refractivity contribution is 0.610. The van der Waals surface area contributed by atoms with E-state index in [2.05, 4.69) is 0 Å². The van der Waals surface area contributed by atoms with Gasteiger partial charge in [-0.3, -0.25) is 0 Å². The molecule has 0 amide bonds. The minimum atomic E-state index is -3.70. The lowest BCUT2D eigenvalue weighted by Crippen LogP contribution is -1.90. The molecule has 6 heteroatoms. The maximum absolute atomic E-state index is 11.2. The Morgan fingerprint density at radius 3 is 2.43 bits per heavy atom. The van der Waals surface area contributed by atoms with E-state index >= 15 is 0 Å². The largest absolute Gasteiger partial charge is 0.261 e. The van der Waals surface area contributed by atoms with E-state index in [0.717, 1.165) is 5.39 Å². The summed E-state index contributed by atoms with van der Waals surface area (Å²) in [6, 6.07) is 2.95. The van der Waals surface area contributed by atoms with Crippen LogP contribution < -0.4 is 0 Å². The van der Waals surface area contributed by atoms with E-state index < -0.39 is 9.05 Å². The van der Waals surface area contributed by atoms with Gasteiger partial charge in [0.15, 0.2) is 0 Å². The number of rotatable bonds is 1. The Labute approximate surface area is 94.5 Å². The van der Waals surface area contributed by atoms with Crippen LogP contribution in [0.1, 0.15) is 0 Å². The second-order valence-corrected chi connectivity index (χ2v) is 6.37. The summed E-state index contributed by atoms with van der Waals surface area (Å²) in [5.74, 6) is 0. The maximum atomic E-state index is 11.2. The van der Waals surface area contributed by atoms with Crippen LogP contribution in [0.15, 0.2) is 27.8 Å². The third-order valence-electron chi connectivity index (χ3n) is 1.83. The third kappa shape index (κ3) is 1.63. The first-order valence-electron chi connectivity index (χ1n) is 3.59.